The highest BCUT2D eigenvalue weighted by molar-refractivity contribution is 8.76. The van der Waals surface area contributed by atoms with E-state index in [1.165, 1.54) is 21.6 Å². The van der Waals surface area contributed by atoms with Crippen molar-refractivity contribution in [3.63, 3.8) is 0 Å². The Hall–Kier alpha value is -2.07. The average Bonchev–Trinajstić information content (AvgIpc) is 2.65. The van der Waals surface area contributed by atoms with E-state index in [0.29, 0.717) is 13.0 Å². The van der Waals surface area contributed by atoms with Crippen LogP contribution in [0.2, 0.25) is 0 Å². The minimum Gasteiger partial charge on any atom is -0.480 e. The molecule has 0 saturated carbocycles. The van der Waals surface area contributed by atoms with Crippen LogP contribution in [0, 0.1) is 0 Å². The van der Waals surface area contributed by atoms with Gasteiger partial charge in [0, 0.05) is 11.8 Å². The maximum absolute atomic E-state index is 11.9. The van der Waals surface area contributed by atoms with E-state index in [2.05, 4.69) is 10.6 Å². The van der Waals surface area contributed by atoms with Gasteiger partial charge < -0.3 is 25.2 Å². The summed E-state index contributed by atoms with van der Waals surface area (Å²) in [5.41, 5.74) is 0.172. The van der Waals surface area contributed by atoms with E-state index < -0.39 is 29.8 Å². The number of benzene rings is 1. The molecule has 1 aromatic carbocycles. The van der Waals surface area contributed by atoms with Gasteiger partial charge >= 0.3 is 18.2 Å². The van der Waals surface area contributed by atoms with Gasteiger partial charge in [-0.1, -0.05) is 51.9 Å². The van der Waals surface area contributed by atoms with Crippen LogP contribution < -0.4 is 10.6 Å². The molecule has 168 valence electrons. The monoisotopic (exact) mass is 458 g/mol. The number of ether oxygens (including phenoxy) is 2. The first-order valence-corrected chi connectivity index (χ1v) is 12.1. The summed E-state index contributed by atoms with van der Waals surface area (Å²) >= 11 is 0. The van der Waals surface area contributed by atoms with Crippen molar-refractivity contribution < 1.29 is 29.0 Å². The first kappa shape index (κ1) is 26.0. The van der Waals surface area contributed by atoms with Crippen molar-refractivity contribution in [3.8, 4) is 0 Å². The lowest BCUT2D eigenvalue weighted by Gasteiger charge is -2.24. The summed E-state index contributed by atoms with van der Waals surface area (Å²) in [6, 6.07) is 8.25. The fourth-order valence-electron chi connectivity index (χ4n) is 2.38. The molecule has 0 unspecified atom stereocenters. The van der Waals surface area contributed by atoms with E-state index in [4.69, 9.17) is 9.47 Å². The number of hydrogen-bond acceptors (Lipinski definition) is 7. The molecule has 0 fully saturated rings. The van der Waals surface area contributed by atoms with E-state index in [9.17, 15) is 19.5 Å². The first-order valence-electron chi connectivity index (χ1n) is 9.47. The predicted molar refractivity (Wildman–Crippen MR) is 120 cm³/mol. The van der Waals surface area contributed by atoms with E-state index in [1.54, 1.807) is 20.8 Å². The smallest absolute Gasteiger partial charge is 0.408 e. The van der Waals surface area contributed by atoms with Crippen molar-refractivity contribution >= 4 is 39.7 Å². The highest BCUT2D eigenvalue weighted by Gasteiger charge is 2.27. The Bertz CT molecular complexity index is 682. The predicted octanol–water partition coefficient (Wildman–Crippen LogP) is 4.05. The Morgan fingerprint density at radius 1 is 1.13 bits per heavy atom. The Morgan fingerprint density at radius 2 is 1.80 bits per heavy atom. The SMILES string of the molecule is CSS[C@@H](CCNC(=O)OCc1ccccc1)C[C@H](NC(=O)OC(C)(C)C)C(=O)O. The van der Waals surface area contributed by atoms with Crippen molar-refractivity contribution in [2.45, 2.75) is 57.1 Å². The second-order valence-corrected chi connectivity index (χ2v) is 10.2. The van der Waals surface area contributed by atoms with Gasteiger partial charge in [-0.2, -0.15) is 0 Å². The van der Waals surface area contributed by atoms with Gasteiger partial charge in [-0.15, -0.1) is 0 Å². The average molecular weight is 459 g/mol. The molecule has 0 aliphatic rings. The quantitative estimate of drug-likeness (QED) is 0.426. The summed E-state index contributed by atoms with van der Waals surface area (Å²) in [5.74, 6) is -1.14. The molecule has 8 nitrogen and oxygen atoms in total. The molecule has 2 atom stereocenters. The van der Waals surface area contributed by atoms with Crippen molar-refractivity contribution in [3.05, 3.63) is 35.9 Å². The van der Waals surface area contributed by atoms with Crippen LogP contribution in [0.5, 0.6) is 0 Å². The fraction of sp³-hybridized carbons (Fsp3) is 0.550. The van der Waals surface area contributed by atoms with Crippen molar-refractivity contribution in [1.29, 1.82) is 0 Å². The largest absolute Gasteiger partial charge is 0.480 e. The lowest BCUT2D eigenvalue weighted by atomic mass is 10.1. The molecule has 0 saturated heterocycles. The third kappa shape index (κ3) is 11.8. The molecule has 1 rings (SSSR count). The Kier molecular flexibility index (Phi) is 11.5. The van der Waals surface area contributed by atoms with Crippen molar-refractivity contribution in [1.82, 2.24) is 10.6 Å². The molecule has 0 heterocycles. The maximum atomic E-state index is 11.9. The summed E-state index contributed by atoms with van der Waals surface area (Å²) in [7, 11) is 2.99. The fourth-order valence-corrected chi connectivity index (χ4v) is 4.48. The molecule has 0 aliphatic carbocycles. The number of rotatable bonds is 11. The highest BCUT2D eigenvalue weighted by Crippen LogP contribution is 2.29. The molecule has 0 radical (unpaired) electrons. The van der Waals surface area contributed by atoms with E-state index in [1.807, 2.05) is 36.6 Å². The van der Waals surface area contributed by atoms with Gasteiger partial charge in [0.05, 0.1) is 0 Å². The van der Waals surface area contributed by atoms with Crippen LogP contribution in [0.1, 0.15) is 39.2 Å². The molecule has 2 amide bonds. The van der Waals surface area contributed by atoms with Crippen LogP contribution in [0.3, 0.4) is 0 Å². The maximum Gasteiger partial charge on any atom is 0.408 e. The number of hydrogen-bond donors (Lipinski definition) is 3. The van der Waals surface area contributed by atoms with Gasteiger partial charge in [-0.05, 0) is 45.4 Å². The molecule has 3 N–H and O–H groups in total. The molecular formula is C20H30N2O6S2. The van der Waals surface area contributed by atoms with Crippen LogP contribution in [-0.2, 0) is 20.9 Å². The highest BCUT2D eigenvalue weighted by atomic mass is 33.1. The molecule has 0 aromatic heterocycles. The number of nitrogens with one attached hydrogen (secondary N) is 2. The Morgan fingerprint density at radius 3 is 2.37 bits per heavy atom. The normalized spacial score (nSPS) is 13.1. The zero-order valence-electron chi connectivity index (χ0n) is 17.7. The summed E-state index contributed by atoms with van der Waals surface area (Å²) < 4.78 is 10.3. The number of carbonyl (C=O) groups is 3. The molecule has 10 heteroatoms. The minimum atomic E-state index is -1.14. The number of alkyl carbamates (subject to hydrolysis) is 2. The number of aliphatic carboxylic acids is 1. The molecule has 1 aromatic rings. The van der Waals surface area contributed by atoms with Crippen LogP contribution in [0.15, 0.2) is 30.3 Å². The molecule has 0 aliphatic heterocycles. The van der Waals surface area contributed by atoms with Crippen LogP contribution >= 0.6 is 21.6 Å². The topological polar surface area (TPSA) is 114 Å². The summed E-state index contributed by atoms with van der Waals surface area (Å²) in [6.45, 7) is 5.62. The minimum absolute atomic E-state index is 0.106. The molecule has 0 spiro atoms. The third-order valence-corrected chi connectivity index (χ3v) is 5.95. The van der Waals surface area contributed by atoms with Crippen LogP contribution in [-0.4, -0.2) is 53.0 Å². The zero-order valence-corrected chi connectivity index (χ0v) is 19.3. The Labute approximate surface area is 185 Å². The van der Waals surface area contributed by atoms with Gasteiger partial charge in [0.25, 0.3) is 0 Å². The van der Waals surface area contributed by atoms with E-state index in [0.717, 1.165) is 5.56 Å². The molecule has 0 bridgehead atoms. The van der Waals surface area contributed by atoms with Gasteiger partial charge in [0.1, 0.15) is 18.2 Å². The summed E-state index contributed by atoms with van der Waals surface area (Å²) in [5, 5.41) is 14.4. The standard InChI is InChI=1S/C20H30N2O6S2/c1-20(2,3)28-19(26)22-16(17(23)24)12-15(30-29-4)10-11-21-18(25)27-13-14-8-6-5-7-9-14/h5-9,15-16H,10-13H2,1-4H3,(H,21,25)(H,22,26)(H,23,24)/t15-,16-/m0/s1. The second-order valence-electron chi connectivity index (χ2n) is 7.43. The van der Waals surface area contributed by atoms with Crippen LogP contribution in [0.4, 0.5) is 9.59 Å². The summed E-state index contributed by atoms with van der Waals surface area (Å²) in [4.78, 5) is 35.3. The number of carboxylic acid groups (broad SMARTS) is 1. The summed E-state index contributed by atoms with van der Waals surface area (Å²) in [6.07, 6.45) is 1.29. The molecular weight excluding hydrogens is 428 g/mol. The van der Waals surface area contributed by atoms with E-state index in [-0.39, 0.29) is 18.3 Å². The van der Waals surface area contributed by atoms with Crippen molar-refractivity contribution in [2.24, 2.45) is 0 Å². The number of amides is 2. The van der Waals surface area contributed by atoms with Gasteiger partial charge in [0.15, 0.2) is 0 Å². The third-order valence-electron chi connectivity index (χ3n) is 3.67. The number of carboxylic acids is 1. The first-order chi connectivity index (χ1) is 14.1. The lowest BCUT2D eigenvalue weighted by Crippen LogP contribution is -2.45. The van der Waals surface area contributed by atoms with Gasteiger partial charge in [-0.3, -0.25) is 0 Å². The van der Waals surface area contributed by atoms with Crippen LogP contribution in [0.25, 0.3) is 0 Å². The zero-order chi connectivity index (χ0) is 22.6. The lowest BCUT2D eigenvalue weighted by molar-refractivity contribution is -0.139. The van der Waals surface area contributed by atoms with Crippen molar-refractivity contribution in [2.75, 3.05) is 12.8 Å². The molecule has 30 heavy (non-hydrogen) atoms. The van der Waals surface area contributed by atoms with E-state index >= 15 is 0 Å². The Balaban J connectivity index is 2.47. The van der Waals surface area contributed by atoms with Gasteiger partial charge in [-0.25, -0.2) is 14.4 Å². The second kappa shape index (κ2) is 13.3. The van der Waals surface area contributed by atoms with Gasteiger partial charge in [0.2, 0.25) is 0 Å². The number of carbonyl (C=O) groups excluding carboxylic acids is 2.